The first kappa shape index (κ1) is 12.5. The van der Waals surface area contributed by atoms with E-state index in [4.69, 9.17) is 11.6 Å². The number of nitrogen functional groups attached to an aromatic ring is 2. The topological polar surface area (TPSA) is 69.9 Å². The summed E-state index contributed by atoms with van der Waals surface area (Å²) in [5.74, 6) is 7.30. The molecule has 4 N–H and O–H groups in total. The van der Waals surface area contributed by atoms with Crippen molar-refractivity contribution in [2.45, 2.75) is 33.1 Å². The van der Waals surface area contributed by atoms with Gasteiger partial charge in [-0.2, -0.15) is 0 Å². The van der Waals surface area contributed by atoms with Gasteiger partial charge in [0.2, 0.25) is 0 Å². The molecule has 96 valence electrons. The molecule has 0 radical (unpaired) electrons. The van der Waals surface area contributed by atoms with Gasteiger partial charge in [-0.25, -0.2) is 9.66 Å². The van der Waals surface area contributed by atoms with Crippen LogP contribution < -0.4 is 11.6 Å². The Morgan fingerprint density at radius 2 is 1.78 bits per heavy atom. The molecule has 0 aliphatic rings. The second kappa shape index (κ2) is 4.05. The van der Waals surface area contributed by atoms with Crippen LogP contribution in [0.4, 0.5) is 5.82 Å². The predicted octanol–water partition coefficient (Wildman–Crippen LogP) is 2.45. The quantitative estimate of drug-likeness (QED) is 0.757. The molecule has 0 saturated heterocycles. The van der Waals surface area contributed by atoms with E-state index in [0.29, 0.717) is 5.82 Å². The minimum Gasteiger partial charge on any atom is -0.382 e. The minimum absolute atomic E-state index is 0.135. The van der Waals surface area contributed by atoms with Crippen molar-refractivity contribution in [1.82, 2.24) is 9.66 Å². The normalized spacial score (nSPS) is 11.8. The highest BCUT2D eigenvalue weighted by Gasteiger charge is 2.24. The van der Waals surface area contributed by atoms with Crippen LogP contribution in [0.5, 0.6) is 0 Å². The second-order valence-electron chi connectivity index (χ2n) is 5.60. The number of hydrogen-bond donors (Lipinski definition) is 2. The van der Waals surface area contributed by atoms with Crippen molar-refractivity contribution in [2.75, 3.05) is 11.6 Å². The van der Waals surface area contributed by atoms with Crippen molar-refractivity contribution >= 4 is 5.82 Å². The largest absolute Gasteiger partial charge is 0.382 e. The number of nitrogens with two attached hydrogens (primary N) is 2. The summed E-state index contributed by atoms with van der Waals surface area (Å²) >= 11 is 0. The Balaban J connectivity index is 2.65. The number of imidazole rings is 1. The molecular formula is C14H20N4. The van der Waals surface area contributed by atoms with Crippen LogP contribution in [0.2, 0.25) is 0 Å². The van der Waals surface area contributed by atoms with E-state index in [1.807, 2.05) is 31.2 Å². The van der Waals surface area contributed by atoms with E-state index in [2.05, 4.69) is 25.8 Å². The fraction of sp³-hybridized carbons (Fsp3) is 0.357. The molecule has 18 heavy (non-hydrogen) atoms. The monoisotopic (exact) mass is 244 g/mol. The summed E-state index contributed by atoms with van der Waals surface area (Å²) in [6.07, 6.45) is 0. The predicted molar refractivity (Wildman–Crippen MR) is 75.7 cm³/mol. The maximum atomic E-state index is 6.08. The van der Waals surface area contributed by atoms with Crippen molar-refractivity contribution < 1.29 is 0 Å². The Hall–Kier alpha value is -1.97. The number of benzene rings is 1. The lowest BCUT2D eigenvalue weighted by atomic mass is 9.96. The Labute approximate surface area is 108 Å². The number of hydrogen-bond acceptors (Lipinski definition) is 3. The maximum absolute atomic E-state index is 6.08. The Kier molecular flexibility index (Phi) is 2.81. The average molecular weight is 244 g/mol. The van der Waals surface area contributed by atoms with Gasteiger partial charge < -0.3 is 11.6 Å². The van der Waals surface area contributed by atoms with Gasteiger partial charge in [0.15, 0.2) is 5.82 Å². The summed E-state index contributed by atoms with van der Waals surface area (Å²) in [6.45, 7) is 8.25. The van der Waals surface area contributed by atoms with Crippen LogP contribution in [0.15, 0.2) is 24.3 Å². The van der Waals surface area contributed by atoms with E-state index >= 15 is 0 Å². The van der Waals surface area contributed by atoms with Gasteiger partial charge in [0, 0.05) is 11.0 Å². The zero-order valence-electron chi connectivity index (χ0n) is 11.4. The number of aryl methyl sites for hydroxylation is 1. The molecule has 0 aliphatic heterocycles. The summed E-state index contributed by atoms with van der Waals surface area (Å²) in [4.78, 5) is 4.62. The third kappa shape index (κ3) is 1.94. The zero-order valence-corrected chi connectivity index (χ0v) is 11.4. The highest BCUT2D eigenvalue weighted by Crippen LogP contribution is 2.31. The Bertz CT molecular complexity index is 576. The first-order valence-electron chi connectivity index (χ1n) is 6.02. The molecule has 2 aromatic rings. The summed E-state index contributed by atoms with van der Waals surface area (Å²) in [7, 11) is 0. The highest BCUT2D eigenvalue weighted by atomic mass is 15.4. The van der Waals surface area contributed by atoms with Crippen LogP contribution >= 0.6 is 0 Å². The van der Waals surface area contributed by atoms with Crippen molar-refractivity contribution in [3.05, 3.63) is 35.7 Å². The third-order valence-electron chi connectivity index (χ3n) is 3.02. The molecule has 0 aliphatic carbocycles. The van der Waals surface area contributed by atoms with Crippen molar-refractivity contribution in [3.63, 3.8) is 0 Å². The van der Waals surface area contributed by atoms with Crippen molar-refractivity contribution in [1.29, 1.82) is 0 Å². The van der Waals surface area contributed by atoms with Crippen molar-refractivity contribution in [2.24, 2.45) is 0 Å². The van der Waals surface area contributed by atoms with Crippen LogP contribution in [0.25, 0.3) is 11.3 Å². The fourth-order valence-corrected chi connectivity index (χ4v) is 2.01. The van der Waals surface area contributed by atoms with Gasteiger partial charge in [-0.15, -0.1) is 0 Å². The molecule has 0 amide bonds. The van der Waals surface area contributed by atoms with Crippen molar-refractivity contribution in [3.8, 4) is 11.3 Å². The molecule has 4 heteroatoms. The van der Waals surface area contributed by atoms with E-state index < -0.39 is 0 Å². The van der Waals surface area contributed by atoms with Crippen LogP contribution in [0, 0.1) is 6.92 Å². The van der Waals surface area contributed by atoms with Crippen LogP contribution in [-0.2, 0) is 5.41 Å². The summed E-state index contributed by atoms with van der Waals surface area (Å²) in [5, 5.41) is 0. The van der Waals surface area contributed by atoms with Gasteiger partial charge in [0.1, 0.15) is 11.5 Å². The molecule has 2 rings (SSSR count). The van der Waals surface area contributed by atoms with Crippen LogP contribution in [0.1, 0.15) is 32.2 Å². The smallest absolute Gasteiger partial charge is 0.150 e. The van der Waals surface area contributed by atoms with Gasteiger partial charge in [-0.05, 0) is 12.5 Å². The molecule has 0 saturated carbocycles. The molecule has 0 atom stereocenters. The molecule has 0 bridgehead atoms. The molecule has 1 heterocycles. The molecule has 0 spiro atoms. The second-order valence-corrected chi connectivity index (χ2v) is 5.60. The van der Waals surface area contributed by atoms with Gasteiger partial charge in [-0.1, -0.05) is 45.0 Å². The summed E-state index contributed by atoms with van der Waals surface area (Å²) < 4.78 is 1.49. The standard InChI is InChI=1S/C14H20N4/c1-9-7-5-6-8-10(9)11-12(15)18(16)13(17-11)14(2,3)4/h5-8H,15-16H2,1-4H3. The number of rotatable bonds is 1. The SMILES string of the molecule is Cc1ccccc1-c1nc(C(C)(C)C)n(N)c1N. The molecule has 0 fully saturated rings. The van der Waals surface area contributed by atoms with Gasteiger partial charge in [0.05, 0.1) is 0 Å². The van der Waals surface area contributed by atoms with Crippen LogP contribution in [0.3, 0.4) is 0 Å². The van der Waals surface area contributed by atoms with Gasteiger partial charge in [-0.3, -0.25) is 0 Å². The summed E-state index contributed by atoms with van der Waals surface area (Å²) in [5.41, 5.74) is 8.88. The number of anilines is 1. The summed E-state index contributed by atoms with van der Waals surface area (Å²) in [6, 6.07) is 8.04. The first-order valence-corrected chi connectivity index (χ1v) is 6.02. The average Bonchev–Trinajstić information content (AvgIpc) is 2.57. The molecular weight excluding hydrogens is 224 g/mol. The number of nitrogens with zero attached hydrogens (tertiary/aromatic N) is 2. The van der Waals surface area contributed by atoms with E-state index in [0.717, 1.165) is 22.6 Å². The van der Waals surface area contributed by atoms with E-state index in [1.54, 1.807) is 0 Å². The highest BCUT2D eigenvalue weighted by molar-refractivity contribution is 5.73. The first-order chi connectivity index (χ1) is 8.32. The molecule has 1 aromatic carbocycles. The zero-order chi connectivity index (χ0) is 13.5. The van der Waals surface area contributed by atoms with E-state index in [1.165, 1.54) is 4.68 Å². The maximum Gasteiger partial charge on any atom is 0.150 e. The lowest BCUT2D eigenvalue weighted by molar-refractivity contribution is 0.532. The molecule has 4 nitrogen and oxygen atoms in total. The van der Waals surface area contributed by atoms with Crippen LogP contribution in [-0.4, -0.2) is 9.66 Å². The third-order valence-corrected chi connectivity index (χ3v) is 3.02. The van der Waals surface area contributed by atoms with E-state index in [-0.39, 0.29) is 5.41 Å². The lowest BCUT2D eigenvalue weighted by Gasteiger charge is -2.17. The molecule has 0 unspecified atom stereocenters. The fourth-order valence-electron chi connectivity index (χ4n) is 2.01. The Morgan fingerprint density at radius 3 is 2.28 bits per heavy atom. The van der Waals surface area contributed by atoms with Gasteiger partial charge >= 0.3 is 0 Å². The lowest BCUT2D eigenvalue weighted by Crippen LogP contribution is -2.24. The van der Waals surface area contributed by atoms with E-state index in [9.17, 15) is 0 Å². The number of aromatic nitrogens is 2. The minimum atomic E-state index is -0.135. The van der Waals surface area contributed by atoms with Gasteiger partial charge in [0.25, 0.3) is 0 Å². The Morgan fingerprint density at radius 1 is 1.17 bits per heavy atom. The molecule has 1 aromatic heterocycles.